The fourth-order valence-electron chi connectivity index (χ4n) is 5.24. The minimum Gasteiger partial charge on any atom is -0.493 e. The first-order chi connectivity index (χ1) is 16.3. The number of aromatic nitrogens is 4. The summed E-state index contributed by atoms with van der Waals surface area (Å²) in [6.45, 7) is 1.63. The van der Waals surface area contributed by atoms with Crippen LogP contribution in [0.3, 0.4) is 0 Å². The molecule has 0 fully saturated rings. The maximum Gasteiger partial charge on any atom is 0.173 e. The Labute approximate surface area is 192 Å². The largest absolute Gasteiger partial charge is 0.493 e. The van der Waals surface area contributed by atoms with Crippen LogP contribution < -0.4 is 9.47 Å². The highest BCUT2D eigenvalue weighted by Gasteiger charge is 2.41. The molecule has 6 rings (SSSR count). The molecule has 2 aliphatic heterocycles. The Morgan fingerprint density at radius 1 is 0.879 bits per heavy atom. The van der Waals surface area contributed by atoms with Gasteiger partial charge in [0, 0.05) is 6.54 Å². The fraction of sp³-hybridized carbons (Fsp3) is 0.269. The van der Waals surface area contributed by atoms with Crippen LogP contribution in [0.15, 0.2) is 66.7 Å². The summed E-state index contributed by atoms with van der Waals surface area (Å²) in [7, 11) is 3.37. The van der Waals surface area contributed by atoms with Crippen molar-refractivity contribution in [1.29, 1.82) is 0 Å². The van der Waals surface area contributed by atoms with E-state index in [-0.39, 0.29) is 12.1 Å². The molecule has 7 heteroatoms. The van der Waals surface area contributed by atoms with Crippen LogP contribution in [0.5, 0.6) is 11.5 Å². The highest BCUT2D eigenvalue weighted by Crippen LogP contribution is 2.45. The smallest absolute Gasteiger partial charge is 0.173 e. The van der Waals surface area contributed by atoms with E-state index in [1.807, 2.05) is 10.7 Å². The monoisotopic (exact) mass is 439 g/mol. The zero-order valence-corrected chi connectivity index (χ0v) is 18.7. The number of rotatable bonds is 4. The first-order valence-electron chi connectivity index (χ1n) is 11.2. The Bertz CT molecular complexity index is 1290. The van der Waals surface area contributed by atoms with Crippen LogP contribution in [-0.4, -0.2) is 45.9 Å². The lowest BCUT2D eigenvalue weighted by molar-refractivity contribution is 0.0906. The van der Waals surface area contributed by atoms with Gasteiger partial charge in [0.05, 0.1) is 32.8 Å². The summed E-state index contributed by atoms with van der Waals surface area (Å²) in [5.74, 6) is 2.42. The van der Waals surface area contributed by atoms with Gasteiger partial charge in [-0.2, -0.15) is 0 Å². The van der Waals surface area contributed by atoms with Crippen molar-refractivity contribution in [2.45, 2.75) is 25.0 Å². The van der Waals surface area contributed by atoms with Crippen LogP contribution in [-0.2, 0) is 13.0 Å². The average Bonchev–Trinajstić information content (AvgIpc) is 3.35. The van der Waals surface area contributed by atoms with Crippen molar-refractivity contribution in [1.82, 2.24) is 25.1 Å². The molecule has 3 heterocycles. The van der Waals surface area contributed by atoms with Gasteiger partial charge in [0.1, 0.15) is 0 Å². The Morgan fingerprint density at radius 3 is 2.36 bits per heavy atom. The molecule has 0 spiro atoms. The van der Waals surface area contributed by atoms with Crippen LogP contribution in [0.2, 0.25) is 0 Å². The van der Waals surface area contributed by atoms with Crippen LogP contribution in [0.1, 0.15) is 34.6 Å². The van der Waals surface area contributed by atoms with Crippen LogP contribution in [0.4, 0.5) is 0 Å². The molecule has 0 bridgehead atoms. The van der Waals surface area contributed by atoms with Gasteiger partial charge in [-0.1, -0.05) is 54.6 Å². The van der Waals surface area contributed by atoms with Gasteiger partial charge in [-0.25, -0.2) is 4.68 Å². The lowest BCUT2D eigenvalue weighted by Crippen LogP contribution is -2.45. The van der Waals surface area contributed by atoms with E-state index in [0.717, 1.165) is 30.3 Å². The Morgan fingerprint density at radius 2 is 1.61 bits per heavy atom. The number of benzene rings is 3. The number of ether oxygens (including phenoxy) is 2. The molecule has 0 N–H and O–H groups in total. The van der Waals surface area contributed by atoms with Crippen molar-refractivity contribution in [2.75, 3.05) is 20.8 Å². The molecule has 33 heavy (non-hydrogen) atoms. The molecule has 2 atom stereocenters. The van der Waals surface area contributed by atoms with Gasteiger partial charge in [-0.15, -0.1) is 5.10 Å². The van der Waals surface area contributed by atoms with E-state index in [1.54, 1.807) is 14.2 Å². The molecule has 0 saturated heterocycles. The zero-order valence-electron chi connectivity index (χ0n) is 18.7. The predicted molar refractivity (Wildman–Crippen MR) is 124 cm³/mol. The van der Waals surface area contributed by atoms with Gasteiger partial charge in [-0.3, -0.25) is 4.90 Å². The van der Waals surface area contributed by atoms with E-state index < -0.39 is 0 Å². The molecule has 0 aliphatic carbocycles. The van der Waals surface area contributed by atoms with Gasteiger partial charge in [-0.05, 0) is 56.8 Å². The number of fused-ring (bicyclic) bond motifs is 4. The lowest BCUT2D eigenvalue weighted by Gasteiger charge is -2.45. The van der Waals surface area contributed by atoms with Gasteiger partial charge >= 0.3 is 0 Å². The van der Waals surface area contributed by atoms with E-state index in [4.69, 9.17) is 9.47 Å². The topological polar surface area (TPSA) is 65.3 Å². The minimum absolute atomic E-state index is 0.00943. The van der Waals surface area contributed by atoms with Gasteiger partial charge in [0.25, 0.3) is 0 Å². The van der Waals surface area contributed by atoms with Gasteiger partial charge < -0.3 is 9.47 Å². The number of hydrogen-bond donors (Lipinski definition) is 0. The van der Waals surface area contributed by atoms with Crippen molar-refractivity contribution in [3.05, 3.63) is 89.2 Å². The number of nitrogens with zero attached hydrogens (tertiary/aromatic N) is 5. The van der Waals surface area contributed by atoms with E-state index >= 15 is 0 Å². The van der Waals surface area contributed by atoms with Crippen molar-refractivity contribution < 1.29 is 9.47 Å². The SMILES string of the molecule is COc1cc2c(cc1OC)C1Cn3nnnc3C(c3ccc(-c4ccccc4)cc3)N1CC2. The average molecular weight is 440 g/mol. The quantitative estimate of drug-likeness (QED) is 0.478. The summed E-state index contributed by atoms with van der Waals surface area (Å²) in [5.41, 5.74) is 6.16. The highest BCUT2D eigenvalue weighted by atomic mass is 16.5. The van der Waals surface area contributed by atoms with E-state index in [1.165, 1.54) is 27.8 Å². The molecule has 2 aliphatic rings. The van der Waals surface area contributed by atoms with E-state index in [2.05, 4.69) is 81.1 Å². The Balaban J connectivity index is 1.41. The molecule has 1 aromatic heterocycles. The molecule has 3 aromatic carbocycles. The predicted octanol–water partition coefficient (Wildman–Crippen LogP) is 4.06. The Hall–Kier alpha value is -3.71. The Kier molecular flexibility index (Phi) is 4.84. The molecule has 0 radical (unpaired) electrons. The molecular weight excluding hydrogens is 414 g/mol. The highest BCUT2D eigenvalue weighted by molar-refractivity contribution is 5.63. The standard InChI is InChI=1S/C26H25N5O2/c1-32-23-14-20-12-13-30-22(21(20)15-24(23)33-2)16-31-26(27-28-29-31)25(30)19-10-8-18(9-11-19)17-6-4-3-5-7-17/h3-11,14-15,22,25H,12-13,16H2,1-2H3. The van der Waals surface area contributed by atoms with Crippen molar-refractivity contribution in [3.8, 4) is 22.6 Å². The summed E-state index contributed by atoms with van der Waals surface area (Å²) in [6.07, 6.45) is 0.937. The summed E-state index contributed by atoms with van der Waals surface area (Å²) >= 11 is 0. The molecule has 0 saturated carbocycles. The maximum atomic E-state index is 5.61. The molecule has 7 nitrogen and oxygen atoms in total. The van der Waals surface area contributed by atoms with Crippen molar-refractivity contribution >= 4 is 0 Å². The van der Waals surface area contributed by atoms with Gasteiger partial charge in [0.2, 0.25) is 0 Å². The second-order valence-corrected chi connectivity index (χ2v) is 8.52. The van der Waals surface area contributed by atoms with Crippen LogP contribution >= 0.6 is 0 Å². The third-order valence-corrected chi connectivity index (χ3v) is 6.86. The first kappa shape index (κ1) is 19.9. The summed E-state index contributed by atoms with van der Waals surface area (Å²) in [5, 5.41) is 12.7. The van der Waals surface area contributed by atoms with Crippen LogP contribution in [0, 0.1) is 0 Å². The molecule has 4 aromatic rings. The number of methoxy groups -OCH3 is 2. The third kappa shape index (κ3) is 3.27. The second-order valence-electron chi connectivity index (χ2n) is 8.52. The number of hydrogen-bond acceptors (Lipinski definition) is 6. The summed E-state index contributed by atoms with van der Waals surface area (Å²) in [6, 6.07) is 23.6. The lowest BCUT2D eigenvalue weighted by atomic mass is 9.87. The van der Waals surface area contributed by atoms with E-state index in [0.29, 0.717) is 6.54 Å². The zero-order chi connectivity index (χ0) is 22.4. The molecular formula is C26H25N5O2. The third-order valence-electron chi connectivity index (χ3n) is 6.86. The second kappa shape index (κ2) is 8.01. The molecule has 166 valence electrons. The van der Waals surface area contributed by atoms with Crippen molar-refractivity contribution in [2.24, 2.45) is 0 Å². The number of tetrazole rings is 1. The molecule has 0 amide bonds. The summed E-state index contributed by atoms with van der Waals surface area (Å²) < 4.78 is 13.1. The van der Waals surface area contributed by atoms with Crippen molar-refractivity contribution in [3.63, 3.8) is 0 Å². The van der Waals surface area contributed by atoms with Crippen LogP contribution in [0.25, 0.3) is 11.1 Å². The summed E-state index contributed by atoms with van der Waals surface area (Å²) in [4.78, 5) is 2.53. The minimum atomic E-state index is -0.00943. The maximum absolute atomic E-state index is 5.61. The van der Waals surface area contributed by atoms with Gasteiger partial charge in [0.15, 0.2) is 17.3 Å². The first-order valence-corrected chi connectivity index (χ1v) is 11.2. The molecule has 2 unspecified atom stereocenters. The normalized spacial score (nSPS) is 19.3. The fourth-order valence-corrected chi connectivity index (χ4v) is 5.24. The van der Waals surface area contributed by atoms with E-state index in [9.17, 15) is 0 Å².